The van der Waals surface area contributed by atoms with Gasteiger partial charge >= 0.3 is 11.9 Å². The van der Waals surface area contributed by atoms with E-state index in [0.717, 1.165) is 6.07 Å². The number of furan rings is 1. The second-order valence-electron chi connectivity index (χ2n) is 4.04. The number of halogens is 1. The summed E-state index contributed by atoms with van der Waals surface area (Å²) in [5, 5.41) is 0. The quantitative estimate of drug-likeness (QED) is 0.649. The molecule has 0 bridgehead atoms. The highest BCUT2D eigenvalue weighted by molar-refractivity contribution is 5.94. The molecule has 0 aliphatic heterocycles. The van der Waals surface area contributed by atoms with Crippen LogP contribution in [0.4, 0.5) is 4.39 Å². The number of nitrogens with one attached hydrogen (secondary N) is 2. The minimum Gasteiger partial charge on any atom is -0.459 e. The molecule has 114 valence electrons. The fourth-order valence-corrected chi connectivity index (χ4v) is 1.47. The topological polar surface area (TPSA) is 97.6 Å². The molecule has 2 rings (SSSR count). The maximum Gasteiger partial charge on any atom is 0.341 e. The number of benzene rings is 1. The van der Waals surface area contributed by atoms with E-state index in [1.165, 1.54) is 36.6 Å². The van der Waals surface area contributed by atoms with Gasteiger partial charge in [-0.15, -0.1) is 0 Å². The highest BCUT2D eigenvalue weighted by Gasteiger charge is 2.15. The average Bonchev–Trinajstić information content (AvgIpc) is 3.05. The number of carbonyl (C=O) groups excluding carboxylic acids is 3. The van der Waals surface area contributed by atoms with Crippen molar-refractivity contribution < 1.29 is 27.9 Å². The van der Waals surface area contributed by atoms with Crippen molar-refractivity contribution in [3.8, 4) is 0 Å². The summed E-state index contributed by atoms with van der Waals surface area (Å²) in [6, 6.07) is 8.12. The first-order valence-electron chi connectivity index (χ1n) is 6.12. The number of ether oxygens (including phenoxy) is 1. The molecule has 0 saturated heterocycles. The molecular weight excluding hydrogens is 295 g/mol. The Hall–Kier alpha value is -3.16. The fourth-order valence-electron chi connectivity index (χ4n) is 1.47. The van der Waals surface area contributed by atoms with Crippen LogP contribution in [0.1, 0.15) is 20.9 Å². The SMILES string of the molecule is O=C(COC(=O)c1ccccc1F)NNC(=O)c1ccco1. The number of rotatable bonds is 4. The van der Waals surface area contributed by atoms with E-state index < -0.39 is 30.2 Å². The van der Waals surface area contributed by atoms with Crippen molar-refractivity contribution in [2.24, 2.45) is 0 Å². The highest BCUT2D eigenvalue weighted by atomic mass is 19.1. The number of carbonyl (C=O) groups is 3. The van der Waals surface area contributed by atoms with Gasteiger partial charge in [-0.25, -0.2) is 9.18 Å². The second-order valence-corrected chi connectivity index (χ2v) is 4.04. The predicted octanol–water partition coefficient (Wildman–Crippen LogP) is 1.04. The molecule has 0 atom stereocenters. The van der Waals surface area contributed by atoms with Crippen molar-refractivity contribution in [3.63, 3.8) is 0 Å². The Bertz CT molecular complexity index is 684. The number of hydrogen-bond donors (Lipinski definition) is 2. The van der Waals surface area contributed by atoms with Gasteiger partial charge in [0.25, 0.3) is 5.91 Å². The van der Waals surface area contributed by atoms with Crippen LogP contribution in [-0.4, -0.2) is 24.4 Å². The Morgan fingerprint density at radius 3 is 2.55 bits per heavy atom. The van der Waals surface area contributed by atoms with Crippen LogP contribution in [0.25, 0.3) is 0 Å². The van der Waals surface area contributed by atoms with Crippen LogP contribution >= 0.6 is 0 Å². The summed E-state index contributed by atoms with van der Waals surface area (Å²) in [7, 11) is 0. The summed E-state index contributed by atoms with van der Waals surface area (Å²) in [5.74, 6) is -3.18. The molecule has 22 heavy (non-hydrogen) atoms. The summed E-state index contributed by atoms with van der Waals surface area (Å²) >= 11 is 0. The third-order valence-electron chi connectivity index (χ3n) is 2.49. The lowest BCUT2D eigenvalue weighted by molar-refractivity contribution is -0.125. The molecule has 8 heteroatoms. The Kier molecular flexibility index (Phi) is 4.86. The summed E-state index contributed by atoms with van der Waals surface area (Å²) in [6.45, 7) is -0.675. The molecule has 2 amide bonds. The summed E-state index contributed by atoms with van der Waals surface area (Å²) in [6.07, 6.45) is 1.30. The van der Waals surface area contributed by atoms with Crippen LogP contribution in [0.2, 0.25) is 0 Å². The number of esters is 1. The number of amides is 2. The van der Waals surface area contributed by atoms with E-state index >= 15 is 0 Å². The van der Waals surface area contributed by atoms with E-state index in [9.17, 15) is 18.8 Å². The Morgan fingerprint density at radius 2 is 1.86 bits per heavy atom. The van der Waals surface area contributed by atoms with Crippen molar-refractivity contribution in [1.29, 1.82) is 0 Å². The van der Waals surface area contributed by atoms with Crippen LogP contribution < -0.4 is 10.9 Å². The second kappa shape index (κ2) is 7.02. The van der Waals surface area contributed by atoms with Gasteiger partial charge < -0.3 is 9.15 Å². The van der Waals surface area contributed by atoms with E-state index in [1.54, 1.807) is 0 Å². The minimum atomic E-state index is -0.981. The zero-order valence-corrected chi connectivity index (χ0v) is 11.2. The molecule has 7 nitrogen and oxygen atoms in total. The Labute approximate surface area is 124 Å². The summed E-state index contributed by atoms with van der Waals surface area (Å²) in [4.78, 5) is 34.4. The Morgan fingerprint density at radius 1 is 1.09 bits per heavy atom. The van der Waals surface area contributed by atoms with E-state index in [4.69, 9.17) is 4.42 Å². The molecule has 0 radical (unpaired) electrons. The van der Waals surface area contributed by atoms with E-state index in [2.05, 4.69) is 10.2 Å². The molecule has 2 aromatic rings. The number of hydrazine groups is 1. The van der Waals surface area contributed by atoms with Crippen molar-refractivity contribution >= 4 is 17.8 Å². The minimum absolute atomic E-state index is 0.00338. The van der Waals surface area contributed by atoms with Gasteiger partial charge in [0.2, 0.25) is 0 Å². The van der Waals surface area contributed by atoms with Gasteiger partial charge in [0.05, 0.1) is 11.8 Å². The van der Waals surface area contributed by atoms with Crippen molar-refractivity contribution in [1.82, 2.24) is 10.9 Å². The molecule has 0 spiro atoms. The lowest BCUT2D eigenvalue weighted by Gasteiger charge is -2.07. The average molecular weight is 306 g/mol. The van der Waals surface area contributed by atoms with E-state index in [1.807, 2.05) is 5.43 Å². The van der Waals surface area contributed by atoms with Crippen molar-refractivity contribution in [3.05, 3.63) is 59.8 Å². The molecule has 0 unspecified atom stereocenters. The van der Waals surface area contributed by atoms with Gasteiger partial charge in [0.1, 0.15) is 5.82 Å². The van der Waals surface area contributed by atoms with Crippen LogP contribution in [0.3, 0.4) is 0 Å². The lowest BCUT2D eigenvalue weighted by Crippen LogP contribution is -2.43. The maximum absolute atomic E-state index is 13.3. The monoisotopic (exact) mass is 306 g/mol. The van der Waals surface area contributed by atoms with Crippen molar-refractivity contribution in [2.45, 2.75) is 0 Å². The molecule has 1 aromatic heterocycles. The van der Waals surface area contributed by atoms with Gasteiger partial charge in [0, 0.05) is 0 Å². The lowest BCUT2D eigenvalue weighted by atomic mass is 10.2. The number of hydrogen-bond acceptors (Lipinski definition) is 5. The van der Waals surface area contributed by atoms with Gasteiger partial charge in [-0.3, -0.25) is 20.4 Å². The zero-order chi connectivity index (χ0) is 15.9. The van der Waals surface area contributed by atoms with Gasteiger partial charge in [-0.2, -0.15) is 0 Å². The van der Waals surface area contributed by atoms with Crippen LogP contribution in [0.15, 0.2) is 47.1 Å². The Balaban J connectivity index is 1.77. The van der Waals surface area contributed by atoms with E-state index in [-0.39, 0.29) is 11.3 Å². The first-order chi connectivity index (χ1) is 10.6. The molecule has 1 aromatic carbocycles. The molecule has 0 fully saturated rings. The summed E-state index contributed by atoms with van der Waals surface area (Å²) < 4.78 is 22.7. The van der Waals surface area contributed by atoms with Crippen molar-refractivity contribution in [2.75, 3.05) is 6.61 Å². The maximum atomic E-state index is 13.3. The fraction of sp³-hybridized carbons (Fsp3) is 0.0714. The molecular formula is C14H11FN2O5. The summed E-state index contributed by atoms with van der Waals surface area (Å²) in [5.41, 5.74) is 3.80. The largest absolute Gasteiger partial charge is 0.459 e. The zero-order valence-electron chi connectivity index (χ0n) is 11.2. The first kappa shape index (κ1) is 15.2. The molecule has 0 saturated carbocycles. The normalized spacial score (nSPS) is 9.86. The molecule has 0 aliphatic rings. The van der Waals surface area contributed by atoms with Crippen LogP contribution in [0.5, 0.6) is 0 Å². The molecule has 2 N–H and O–H groups in total. The third-order valence-corrected chi connectivity index (χ3v) is 2.49. The van der Waals surface area contributed by atoms with Gasteiger partial charge in [0.15, 0.2) is 12.4 Å². The first-order valence-corrected chi connectivity index (χ1v) is 6.12. The molecule has 1 heterocycles. The predicted molar refractivity (Wildman–Crippen MR) is 71.0 cm³/mol. The third kappa shape index (κ3) is 3.92. The van der Waals surface area contributed by atoms with Crippen LogP contribution in [-0.2, 0) is 9.53 Å². The standard InChI is InChI=1S/C14H11FN2O5/c15-10-5-2-1-4-9(10)14(20)22-8-12(18)16-17-13(19)11-6-3-7-21-11/h1-7H,8H2,(H,16,18)(H,17,19). The van der Waals surface area contributed by atoms with E-state index in [0.29, 0.717) is 0 Å². The van der Waals surface area contributed by atoms with Gasteiger partial charge in [-0.1, -0.05) is 12.1 Å². The highest BCUT2D eigenvalue weighted by Crippen LogP contribution is 2.07. The van der Waals surface area contributed by atoms with Gasteiger partial charge in [-0.05, 0) is 24.3 Å². The van der Waals surface area contributed by atoms with Crippen LogP contribution in [0, 0.1) is 5.82 Å². The smallest absolute Gasteiger partial charge is 0.341 e. The molecule has 0 aliphatic carbocycles.